The van der Waals surface area contributed by atoms with Gasteiger partial charge in [-0.2, -0.15) is 0 Å². The van der Waals surface area contributed by atoms with Crippen LogP contribution in [0, 0.1) is 17.0 Å². The van der Waals surface area contributed by atoms with Crippen LogP contribution in [0.15, 0.2) is 42.5 Å². The van der Waals surface area contributed by atoms with Gasteiger partial charge in [0.1, 0.15) is 5.69 Å². The number of hydrogen-bond donors (Lipinski definition) is 2. The zero-order valence-electron chi connectivity index (χ0n) is 14.8. The third kappa shape index (κ3) is 5.29. The Hall–Kier alpha value is -2.93. The number of aliphatic hydroxyl groups is 1. The average molecular weight is 358 g/mol. The monoisotopic (exact) mass is 358 g/mol. The number of carbonyl (C=O) groups excluding carboxylic acids is 1. The first kappa shape index (κ1) is 19.4. The highest BCUT2D eigenvalue weighted by Crippen LogP contribution is 2.32. The molecule has 0 saturated heterocycles. The quantitative estimate of drug-likeness (QED) is 0.420. The number of nitrogens with zero attached hydrogens (tertiary/aromatic N) is 1. The van der Waals surface area contributed by atoms with E-state index in [4.69, 9.17) is 0 Å². The summed E-state index contributed by atoms with van der Waals surface area (Å²) in [5.74, 6) is -0.331. The van der Waals surface area contributed by atoms with Gasteiger partial charge in [-0.05, 0) is 49.6 Å². The van der Waals surface area contributed by atoms with Crippen molar-refractivity contribution in [3.05, 3.63) is 63.7 Å². The number of aliphatic hydroxyl groups excluding tert-OH is 1. The molecule has 0 radical (unpaired) electrons. The van der Waals surface area contributed by atoms with Crippen LogP contribution >= 0.6 is 0 Å². The SMILES string of the molecule is COC(=O)CCCC(O)c1ccc([N+](=O)[O-])c(Nc2ccc(C)cc2)c1. The molecule has 0 bridgehead atoms. The number of nitro benzene ring substituents is 1. The van der Waals surface area contributed by atoms with Crippen LogP contribution in [0.3, 0.4) is 0 Å². The number of esters is 1. The number of aryl methyl sites for hydroxylation is 1. The summed E-state index contributed by atoms with van der Waals surface area (Å²) >= 11 is 0. The van der Waals surface area contributed by atoms with Crippen molar-refractivity contribution in [2.45, 2.75) is 32.3 Å². The van der Waals surface area contributed by atoms with Gasteiger partial charge in [0.2, 0.25) is 0 Å². The lowest BCUT2D eigenvalue weighted by molar-refractivity contribution is -0.383. The van der Waals surface area contributed by atoms with Crippen LogP contribution in [0.4, 0.5) is 17.1 Å². The maximum absolute atomic E-state index is 11.3. The van der Waals surface area contributed by atoms with E-state index in [0.717, 1.165) is 11.3 Å². The van der Waals surface area contributed by atoms with Crippen molar-refractivity contribution in [2.24, 2.45) is 0 Å². The summed E-state index contributed by atoms with van der Waals surface area (Å²) < 4.78 is 4.57. The van der Waals surface area contributed by atoms with Gasteiger partial charge >= 0.3 is 5.97 Å². The molecule has 2 rings (SSSR count). The Morgan fingerprint density at radius 3 is 2.58 bits per heavy atom. The number of anilines is 2. The molecule has 0 amide bonds. The lowest BCUT2D eigenvalue weighted by atomic mass is 10.0. The Bertz CT molecular complexity index is 774. The molecule has 0 heterocycles. The second-order valence-electron chi connectivity index (χ2n) is 6.01. The molecule has 0 saturated carbocycles. The highest BCUT2D eigenvalue weighted by atomic mass is 16.6. The molecular formula is C19H22N2O5. The van der Waals surface area contributed by atoms with Crippen molar-refractivity contribution in [1.29, 1.82) is 0 Å². The molecule has 7 heteroatoms. The molecule has 0 aromatic heterocycles. The molecule has 2 aromatic carbocycles. The summed E-state index contributed by atoms with van der Waals surface area (Å²) in [5, 5.41) is 24.6. The number of nitro groups is 1. The van der Waals surface area contributed by atoms with Gasteiger partial charge in [0.05, 0.1) is 18.1 Å². The normalized spacial score (nSPS) is 11.7. The van der Waals surface area contributed by atoms with Gasteiger partial charge in [-0.3, -0.25) is 14.9 Å². The predicted octanol–water partition coefficient (Wildman–Crippen LogP) is 4.02. The van der Waals surface area contributed by atoms with E-state index in [1.807, 2.05) is 31.2 Å². The van der Waals surface area contributed by atoms with Crippen molar-refractivity contribution in [1.82, 2.24) is 0 Å². The Morgan fingerprint density at radius 1 is 1.27 bits per heavy atom. The van der Waals surface area contributed by atoms with E-state index in [-0.39, 0.29) is 18.1 Å². The van der Waals surface area contributed by atoms with Gasteiger partial charge in [0.25, 0.3) is 5.69 Å². The third-order valence-electron chi connectivity index (χ3n) is 4.02. The number of methoxy groups -OCH3 is 1. The van der Waals surface area contributed by atoms with Crippen LogP contribution in [0.2, 0.25) is 0 Å². The third-order valence-corrected chi connectivity index (χ3v) is 4.02. The lowest BCUT2D eigenvalue weighted by Gasteiger charge is -2.14. The van der Waals surface area contributed by atoms with Gasteiger partial charge in [0, 0.05) is 18.2 Å². The molecule has 1 atom stereocenters. The largest absolute Gasteiger partial charge is 0.469 e. The summed E-state index contributed by atoms with van der Waals surface area (Å²) in [5.41, 5.74) is 2.59. The van der Waals surface area contributed by atoms with Gasteiger partial charge in [0.15, 0.2) is 0 Å². The smallest absolute Gasteiger partial charge is 0.305 e. The highest BCUT2D eigenvalue weighted by Gasteiger charge is 2.18. The topological polar surface area (TPSA) is 102 Å². The summed E-state index contributed by atoms with van der Waals surface area (Å²) in [6, 6.07) is 11.9. The average Bonchev–Trinajstić information content (AvgIpc) is 2.63. The Labute approximate surface area is 151 Å². The molecule has 0 fully saturated rings. The first-order chi connectivity index (χ1) is 12.4. The fraction of sp³-hybridized carbons (Fsp3) is 0.316. The Balaban J connectivity index is 2.17. The molecule has 26 heavy (non-hydrogen) atoms. The van der Waals surface area contributed by atoms with Crippen LogP contribution in [0.5, 0.6) is 0 Å². The van der Waals surface area contributed by atoms with E-state index < -0.39 is 11.0 Å². The van der Waals surface area contributed by atoms with Crippen LogP contribution in [-0.2, 0) is 9.53 Å². The minimum atomic E-state index is -0.820. The molecule has 1 unspecified atom stereocenters. The maximum Gasteiger partial charge on any atom is 0.305 e. The summed E-state index contributed by atoms with van der Waals surface area (Å²) in [6.45, 7) is 1.96. The van der Waals surface area contributed by atoms with E-state index in [2.05, 4.69) is 10.1 Å². The van der Waals surface area contributed by atoms with Crippen molar-refractivity contribution < 1.29 is 19.6 Å². The van der Waals surface area contributed by atoms with Crippen molar-refractivity contribution in [3.63, 3.8) is 0 Å². The van der Waals surface area contributed by atoms with Gasteiger partial charge < -0.3 is 15.2 Å². The van der Waals surface area contributed by atoms with Gasteiger partial charge in [-0.15, -0.1) is 0 Å². The van der Waals surface area contributed by atoms with Crippen molar-refractivity contribution >= 4 is 23.0 Å². The Morgan fingerprint density at radius 2 is 1.96 bits per heavy atom. The number of ether oxygens (including phenoxy) is 1. The molecule has 0 aliphatic heterocycles. The number of rotatable bonds is 8. The fourth-order valence-corrected chi connectivity index (χ4v) is 2.52. The predicted molar refractivity (Wildman–Crippen MR) is 98.4 cm³/mol. The van der Waals surface area contributed by atoms with E-state index in [1.54, 1.807) is 6.07 Å². The van der Waals surface area contributed by atoms with Crippen molar-refractivity contribution in [2.75, 3.05) is 12.4 Å². The Kier molecular flexibility index (Phi) is 6.68. The molecule has 7 nitrogen and oxygen atoms in total. The maximum atomic E-state index is 11.3. The molecular weight excluding hydrogens is 336 g/mol. The molecule has 0 aliphatic carbocycles. The number of carbonyl (C=O) groups is 1. The van der Waals surface area contributed by atoms with Crippen LogP contribution in [-0.4, -0.2) is 23.1 Å². The summed E-state index contributed by atoms with van der Waals surface area (Å²) in [4.78, 5) is 22.0. The standard InChI is InChI=1S/C19H22N2O5/c1-13-6-9-15(10-7-13)20-16-12-14(8-11-17(16)21(24)25)18(22)4-3-5-19(23)26-2/h6-12,18,20,22H,3-5H2,1-2H3. The van der Waals surface area contributed by atoms with E-state index in [9.17, 15) is 20.0 Å². The van der Waals surface area contributed by atoms with Crippen molar-refractivity contribution in [3.8, 4) is 0 Å². The minimum Gasteiger partial charge on any atom is -0.469 e. The van der Waals surface area contributed by atoms with Crippen LogP contribution in [0.25, 0.3) is 0 Å². The molecule has 0 aliphatic rings. The van der Waals surface area contributed by atoms with E-state index in [1.165, 1.54) is 19.2 Å². The van der Waals surface area contributed by atoms with E-state index in [0.29, 0.717) is 24.1 Å². The molecule has 2 N–H and O–H groups in total. The second kappa shape index (κ2) is 8.96. The minimum absolute atomic E-state index is 0.0731. The molecule has 138 valence electrons. The van der Waals surface area contributed by atoms with Crippen LogP contribution < -0.4 is 5.32 Å². The lowest BCUT2D eigenvalue weighted by Crippen LogP contribution is -2.04. The fourth-order valence-electron chi connectivity index (χ4n) is 2.52. The molecule has 2 aromatic rings. The number of nitrogens with one attached hydrogen (secondary N) is 1. The van der Waals surface area contributed by atoms with Crippen LogP contribution in [0.1, 0.15) is 36.5 Å². The van der Waals surface area contributed by atoms with E-state index >= 15 is 0 Å². The molecule has 0 spiro atoms. The zero-order chi connectivity index (χ0) is 19.1. The second-order valence-corrected chi connectivity index (χ2v) is 6.01. The highest BCUT2D eigenvalue weighted by molar-refractivity contribution is 5.70. The summed E-state index contributed by atoms with van der Waals surface area (Å²) in [6.07, 6.45) is 0.219. The number of hydrogen-bond acceptors (Lipinski definition) is 6. The number of benzene rings is 2. The van der Waals surface area contributed by atoms with Gasteiger partial charge in [-0.1, -0.05) is 17.7 Å². The first-order valence-corrected chi connectivity index (χ1v) is 8.27. The zero-order valence-corrected chi connectivity index (χ0v) is 14.8. The summed E-state index contributed by atoms with van der Waals surface area (Å²) in [7, 11) is 1.32. The first-order valence-electron chi connectivity index (χ1n) is 8.27. The van der Waals surface area contributed by atoms with Gasteiger partial charge in [-0.25, -0.2) is 0 Å².